The van der Waals surface area contributed by atoms with Gasteiger partial charge in [-0.05, 0) is 49.3 Å². The van der Waals surface area contributed by atoms with Gasteiger partial charge in [-0.15, -0.1) is 12.6 Å². The summed E-state index contributed by atoms with van der Waals surface area (Å²) in [5, 5.41) is 2.96. The summed E-state index contributed by atoms with van der Waals surface area (Å²) in [5.41, 5.74) is 0.0818. The van der Waals surface area contributed by atoms with E-state index in [1.54, 1.807) is 6.07 Å². The second kappa shape index (κ2) is 5.95. The summed E-state index contributed by atoms with van der Waals surface area (Å²) in [4.78, 5) is 12.7. The Balaban J connectivity index is 2.06. The summed E-state index contributed by atoms with van der Waals surface area (Å²) in [7, 11) is 0. The van der Waals surface area contributed by atoms with Crippen LogP contribution in [0.3, 0.4) is 0 Å². The Morgan fingerprint density at radius 3 is 2.79 bits per heavy atom. The number of rotatable bonds is 2. The summed E-state index contributed by atoms with van der Waals surface area (Å²) in [6, 6.07) is 4.44. The fourth-order valence-electron chi connectivity index (χ4n) is 2.81. The van der Waals surface area contributed by atoms with Crippen molar-refractivity contribution in [1.82, 2.24) is 5.32 Å². The van der Waals surface area contributed by atoms with Gasteiger partial charge in [-0.3, -0.25) is 4.79 Å². The average molecular weight is 281 g/mol. The molecule has 1 aromatic carbocycles. The molecule has 1 aliphatic rings. The number of carbonyl (C=O) groups excluding carboxylic acids is 1. The first kappa shape index (κ1) is 14.4. The van der Waals surface area contributed by atoms with Crippen molar-refractivity contribution in [2.75, 3.05) is 0 Å². The number of carbonyl (C=O) groups is 1. The number of benzene rings is 1. The van der Waals surface area contributed by atoms with E-state index in [0.29, 0.717) is 16.7 Å². The lowest BCUT2D eigenvalue weighted by Gasteiger charge is -2.33. The molecule has 3 unspecified atom stereocenters. The molecule has 2 rings (SSSR count). The highest BCUT2D eigenvalue weighted by atomic mass is 32.1. The van der Waals surface area contributed by atoms with E-state index < -0.39 is 5.82 Å². The third-order valence-electron chi connectivity index (χ3n) is 3.94. The highest BCUT2D eigenvalue weighted by molar-refractivity contribution is 7.80. The molecular weight excluding hydrogens is 261 g/mol. The highest BCUT2D eigenvalue weighted by Gasteiger charge is 2.27. The lowest BCUT2D eigenvalue weighted by molar-refractivity contribution is 0.0895. The van der Waals surface area contributed by atoms with Gasteiger partial charge in [0.05, 0.1) is 5.56 Å². The van der Waals surface area contributed by atoms with E-state index in [1.807, 2.05) is 0 Å². The van der Waals surface area contributed by atoms with Crippen LogP contribution in [0.25, 0.3) is 0 Å². The fraction of sp³-hybridized carbons (Fsp3) is 0.533. The summed E-state index contributed by atoms with van der Waals surface area (Å²) in [5.74, 6) is 0.322. The Labute approximate surface area is 119 Å². The van der Waals surface area contributed by atoms with E-state index in [9.17, 15) is 9.18 Å². The Morgan fingerprint density at radius 2 is 2.11 bits per heavy atom. The summed E-state index contributed by atoms with van der Waals surface area (Å²) >= 11 is 4.14. The zero-order valence-electron chi connectivity index (χ0n) is 11.3. The first-order valence-corrected chi connectivity index (χ1v) is 7.21. The van der Waals surface area contributed by atoms with Gasteiger partial charge in [0.1, 0.15) is 5.82 Å². The van der Waals surface area contributed by atoms with Crippen LogP contribution in [-0.2, 0) is 0 Å². The fourth-order valence-corrected chi connectivity index (χ4v) is 3.02. The van der Waals surface area contributed by atoms with E-state index >= 15 is 0 Å². The molecule has 1 aromatic rings. The molecule has 1 amide bonds. The standard InChI is InChI=1S/C15H20FNOS/c1-9-3-6-14(10(2)7-9)17-15(18)12-8-11(19)4-5-13(12)16/h4-5,8-10,14,19H,3,6-7H2,1-2H3,(H,17,18). The molecular formula is C15H20FNOS. The second-order valence-corrected chi connectivity index (χ2v) is 6.16. The summed E-state index contributed by atoms with van der Waals surface area (Å²) < 4.78 is 13.6. The third-order valence-corrected chi connectivity index (χ3v) is 4.22. The number of thiol groups is 1. The third kappa shape index (κ3) is 3.50. The molecule has 3 atom stereocenters. The summed E-state index contributed by atoms with van der Waals surface area (Å²) in [6.07, 6.45) is 3.20. The molecule has 1 saturated carbocycles. The van der Waals surface area contributed by atoms with Crippen LogP contribution in [0.15, 0.2) is 23.1 Å². The zero-order chi connectivity index (χ0) is 14.0. The van der Waals surface area contributed by atoms with E-state index in [4.69, 9.17) is 0 Å². The van der Waals surface area contributed by atoms with E-state index in [0.717, 1.165) is 19.3 Å². The van der Waals surface area contributed by atoms with Gasteiger partial charge in [-0.2, -0.15) is 0 Å². The lowest BCUT2D eigenvalue weighted by atomic mass is 9.80. The van der Waals surface area contributed by atoms with Crippen LogP contribution in [0.5, 0.6) is 0 Å². The molecule has 0 heterocycles. The zero-order valence-corrected chi connectivity index (χ0v) is 12.2. The number of amides is 1. The van der Waals surface area contributed by atoms with Gasteiger partial charge in [0.25, 0.3) is 5.91 Å². The van der Waals surface area contributed by atoms with Crippen molar-refractivity contribution < 1.29 is 9.18 Å². The Hall–Kier alpha value is -1.03. The topological polar surface area (TPSA) is 29.1 Å². The first-order chi connectivity index (χ1) is 8.97. The van der Waals surface area contributed by atoms with Crippen molar-refractivity contribution in [1.29, 1.82) is 0 Å². The van der Waals surface area contributed by atoms with Gasteiger partial charge < -0.3 is 5.32 Å². The monoisotopic (exact) mass is 281 g/mol. The van der Waals surface area contributed by atoms with Crippen LogP contribution in [0.4, 0.5) is 4.39 Å². The van der Waals surface area contributed by atoms with Crippen LogP contribution in [-0.4, -0.2) is 11.9 Å². The maximum Gasteiger partial charge on any atom is 0.254 e. The van der Waals surface area contributed by atoms with E-state index in [1.165, 1.54) is 12.1 Å². The van der Waals surface area contributed by atoms with Crippen molar-refractivity contribution in [3.63, 3.8) is 0 Å². The molecule has 104 valence electrons. The summed E-state index contributed by atoms with van der Waals surface area (Å²) in [6.45, 7) is 4.38. The van der Waals surface area contributed by atoms with Crippen molar-refractivity contribution in [3.05, 3.63) is 29.6 Å². The van der Waals surface area contributed by atoms with E-state index in [-0.39, 0.29) is 17.5 Å². The molecule has 0 aromatic heterocycles. The van der Waals surface area contributed by atoms with Crippen LogP contribution in [0.1, 0.15) is 43.5 Å². The van der Waals surface area contributed by atoms with Crippen LogP contribution in [0, 0.1) is 17.7 Å². The van der Waals surface area contributed by atoms with E-state index in [2.05, 4.69) is 31.8 Å². The molecule has 1 fully saturated rings. The molecule has 0 bridgehead atoms. The highest BCUT2D eigenvalue weighted by Crippen LogP contribution is 2.29. The molecule has 0 radical (unpaired) electrons. The SMILES string of the molecule is CC1CCC(NC(=O)c2cc(S)ccc2F)C(C)C1. The minimum absolute atomic E-state index is 0.0818. The van der Waals surface area contributed by atoms with Gasteiger partial charge in [-0.25, -0.2) is 4.39 Å². The Morgan fingerprint density at radius 1 is 1.37 bits per heavy atom. The van der Waals surface area contributed by atoms with Gasteiger partial charge in [0.15, 0.2) is 0 Å². The minimum Gasteiger partial charge on any atom is -0.349 e. The molecule has 0 aliphatic heterocycles. The van der Waals surface area contributed by atoms with Gasteiger partial charge in [-0.1, -0.05) is 13.8 Å². The van der Waals surface area contributed by atoms with Crippen LogP contribution >= 0.6 is 12.6 Å². The van der Waals surface area contributed by atoms with Crippen molar-refractivity contribution in [3.8, 4) is 0 Å². The minimum atomic E-state index is -0.493. The normalized spacial score (nSPS) is 27.1. The molecule has 1 N–H and O–H groups in total. The number of hydrogen-bond acceptors (Lipinski definition) is 2. The molecule has 0 saturated heterocycles. The first-order valence-electron chi connectivity index (χ1n) is 6.76. The lowest BCUT2D eigenvalue weighted by Crippen LogP contribution is -2.42. The number of hydrogen-bond donors (Lipinski definition) is 2. The largest absolute Gasteiger partial charge is 0.349 e. The Kier molecular flexibility index (Phi) is 4.50. The molecule has 2 nitrogen and oxygen atoms in total. The second-order valence-electron chi connectivity index (χ2n) is 5.64. The van der Waals surface area contributed by atoms with Crippen molar-refractivity contribution >= 4 is 18.5 Å². The van der Waals surface area contributed by atoms with Gasteiger partial charge in [0, 0.05) is 10.9 Å². The van der Waals surface area contributed by atoms with Crippen molar-refractivity contribution in [2.24, 2.45) is 11.8 Å². The number of nitrogens with one attached hydrogen (secondary N) is 1. The molecule has 0 spiro atoms. The molecule has 1 aliphatic carbocycles. The quantitative estimate of drug-likeness (QED) is 0.796. The predicted octanol–water partition coefficient (Wildman–Crippen LogP) is 3.67. The maximum absolute atomic E-state index is 13.6. The van der Waals surface area contributed by atoms with Crippen LogP contribution in [0.2, 0.25) is 0 Å². The maximum atomic E-state index is 13.6. The molecule has 19 heavy (non-hydrogen) atoms. The number of halogens is 1. The molecule has 4 heteroatoms. The smallest absolute Gasteiger partial charge is 0.254 e. The van der Waals surface area contributed by atoms with Gasteiger partial charge >= 0.3 is 0 Å². The average Bonchev–Trinajstić information content (AvgIpc) is 2.35. The van der Waals surface area contributed by atoms with Gasteiger partial charge in [0.2, 0.25) is 0 Å². The predicted molar refractivity (Wildman–Crippen MR) is 77.1 cm³/mol. The Bertz CT molecular complexity index is 477. The van der Waals surface area contributed by atoms with Crippen molar-refractivity contribution in [2.45, 2.75) is 44.0 Å². The van der Waals surface area contributed by atoms with Crippen LogP contribution < -0.4 is 5.32 Å².